The van der Waals surface area contributed by atoms with Crippen LogP contribution in [-0.4, -0.2) is 14.1 Å². The number of rotatable bonds is 4. The number of anilines is 2. The minimum Gasteiger partial charge on any atom is -0.379 e. The fourth-order valence-corrected chi connectivity index (χ4v) is 2.77. The van der Waals surface area contributed by atoms with E-state index in [0.29, 0.717) is 0 Å². The Morgan fingerprint density at radius 2 is 1.65 bits per heavy atom. The van der Waals surface area contributed by atoms with Crippen LogP contribution in [0.25, 0.3) is 0 Å². The summed E-state index contributed by atoms with van der Waals surface area (Å²) in [4.78, 5) is 2.12. The molecule has 0 aliphatic carbocycles. The molecule has 0 amide bonds. The zero-order chi connectivity index (χ0) is 14.7. The van der Waals surface area contributed by atoms with Crippen LogP contribution in [0, 0.1) is 13.8 Å². The predicted molar refractivity (Wildman–Crippen MR) is 91.7 cm³/mol. The summed E-state index contributed by atoms with van der Waals surface area (Å²) in [5.41, 5.74) is 6.26. The zero-order valence-electron chi connectivity index (χ0n) is 12.5. The van der Waals surface area contributed by atoms with E-state index in [0.717, 1.165) is 16.7 Å². The number of halogens is 1. The lowest BCUT2D eigenvalue weighted by atomic mass is 10.1. The standard InChI is InChI=1S/C17H21BrN2/c1-12-7-13(2)9-14(8-12)11-19-16-10-15(18)5-6-17(16)20(3)4/h5-10,19H,11H2,1-4H3. The van der Waals surface area contributed by atoms with Crippen molar-refractivity contribution in [3.05, 3.63) is 57.6 Å². The Hall–Kier alpha value is -1.48. The average Bonchev–Trinajstić information content (AvgIpc) is 2.35. The third-order valence-electron chi connectivity index (χ3n) is 3.20. The number of hydrogen-bond donors (Lipinski definition) is 1. The van der Waals surface area contributed by atoms with Gasteiger partial charge in [-0.05, 0) is 37.6 Å². The molecule has 0 radical (unpaired) electrons. The van der Waals surface area contributed by atoms with Gasteiger partial charge in [0.2, 0.25) is 0 Å². The fraction of sp³-hybridized carbons (Fsp3) is 0.294. The monoisotopic (exact) mass is 332 g/mol. The van der Waals surface area contributed by atoms with E-state index in [-0.39, 0.29) is 0 Å². The molecule has 0 fully saturated rings. The van der Waals surface area contributed by atoms with E-state index in [1.54, 1.807) is 0 Å². The molecule has 0 atom stereocenters. The van der Waals surface area contributed by atoms with Crippen LogP contribution in [0.3, 0.4) is 0 Å². The first-order valence-electron chi connectivity index (χ1n) is 6.73. The van der Waals surface area contributed by atoms with Gasteiger partial charge in [-0.25, -0.2) is 0 Å². The predicted octanol–water partition coefficient (Wildman–Crippen LogP) is 4.74. The van der Waals surface area contributed by atoms with Crippen LogP contribution < -0.4 is 10.2 Å². The molecule has 0 aliphatic heterocycles. The molecular weight excluding hydrogens is 312 g/mol. The number of aryl methyl sites for hydroxylation is 2. The first-order chi connectivity index (χ1) is 9.45. The second-order valence-corrected chi connectivity index (χ2v) is 6.32. The molecule has 3 heteroatoms. The first kappa shape index (κ1) is 14.9. The average molecular weight is 333 g/mol. The maximum atomic E-state index is 3.54. The number of benzene rings is 2. The topological polar surface area (TPSA) is 15.3 Å². The molecule has 20 heavy (non-hydrogen) atoms. The molecule has 2 aromatic rings. The number of nitrogens with one attached hydrogen (secondary N) is 1. The van der Waals surface area contributed by atoms with Gasteiger partial charge in [-0.2, -0.15) is 0 Å². The summed E-state index contributed by atoms with van der Waals surface area (Å²) in [6, 6.07) is 13.0. The maximum absolute atomic E-state index is 3.54. The van der Waals surface area contributed by atoms with Gasteiger partial charge in [0.05, 0.1) is 11.4 Å². The summed E-state index contributed by atoms with van der Waals surface area (Å²) in [5.74, 6) is 0. The van der Waals surface area contributed by atoms with Crippen molar-refractivity contribution in [2.45, 2.75) is 20.4 Å². The molecule has 0 heterocycles. The molecule has 2 aromatic carbocycles. The molecule has 106 valence electrons. The van der Waals surface area contributed by atoms with E-state index >= 15 is 0 Å². The van der Waals surface area contributed by atoms with Crippen molar-refractivity contribution in [2.24, 2.45) is 0 Å². The lowest BCUT2D eigenvalue weighted by molar-refractivity contribution is 1.09. The lowest BCUT2D eigenvalue weighted by Crippen LogP contribution is -2.12. The van der Waals surface area contributed by atoms with Gasteiger partial charge in [-0.1, -0.05) is 45.3 Å². The third-order valence-corrected chi connectivity index (χ3v) is 3.70. The molecule has 0 aliphatic rings. The zero-order valence-corrected chi connectivity index (χ0v) is 14.1. The summed E-state index contributed by atoms with van der Waals surface area (Å²) in [6.45, 7) is 5.11. The molecule has 0 saturated heterocycles. The van der Waals surface area contributed by atoms with Crippen LogP contribution >= 0.6 is 15.9 Å². The SMILES string of the molecule is Cc1cc(C)cc(CNc2cc(Br)ccc2N(C)C)c1. The second kappa shape index (κ2) is 6.31. The highest BCUT2D eigenvalue weighted by Gasteiger charge is 2.05. The summed E-state index contributed by atoms with van der Waals surface area (Å²) in [6.07, 6.45) is 0. The van der Waals surface area contributed by atoms with Crippen molar-refractivity contribution in [3.8, 4) is 0 Å². The van der Waals surface area contributed by atoms with E-state index in [9.17, 15) is 0 Å². The molecule has 0 bridgehead atoms. The van der Waals surface area contributed by atoms with Crippen molar-refractivity contribution in [3.63, 3.8) is 0 Å². The van der Waals surface area contributed by atoms with Crippen molar-refractivity contribution in [2.75, 3.05) is 24.3 Å². The van der Waals surface area contributed by atoms with Crippen LogP contribution in [0.15, 0.2) is 40.9 Å². The molecule has 0 saturated carbocycles. The summed E-state index contributed by atoms with van der Waals surface area (Å²) in [7, 11) is 4.12. The molecule has 0 aromatic heterocycles. The van der Waals surface area contributed by atoms with Gasteiger partial charge in [0, 0.05) is 25.1 Å². The van der Waals surface area contributed by atoms with Crippen molar-refractivity contribution >= 4 is 27.3 Å². The van der Waals surface area contributed by atoms with E-state index < -0.39 is 0 Å². The Labute approximate surface area is 129 Å². The quantitative estimate of drug-likeness (QED) is 0.869. The molecular formula is C17H21BrN2. The smallest absolute Gasteiger partial charge is 0.0597 e. The normalized spacial score (nSPS) is 10.4. The van der Waals surface area contributed by atoms with Gasteiger partial charge in [-0.15, -0.1) is 0 Å². The number of hydrogen-bond acceptors (Lipinski definition) is 2. The van der Waals surface area contributed by atoms with E-state index in [1.165, 1.54) is 22.4 Å². The number of nitrogens with zero attached hydrogens (tertiary/aromatic N) is 1. The van der Waals surface area contributed by atoms with Crippen LogP contribution in [0.1, 0.15) is 16.7 Å². The fourth-order valence-electron chi connectivity index (χ4n) is 2.41. The van der Waals surface area contributed by atoms with Gasteiger partial charge >= 0.3 is 0 Å². The van der Waals surface area contributed by atoms with Crippen LogP contribution in [0.4, 0.5) is 11.4 Å². The third kappa shape index (κ3) is 3.76. The minimum absolute atomic E-state index is 0.833. The van der Waals surface area contributed by atoms with Gasteiger partial charge in [0.15, 0.2) is 0 Å². The molecule has 0 spiro atoms. The van der Waals surface area contributed by atoms with Gasteiger partial charge in [0.1, 0.15) is 0 Å². The molecule has 2 nitrogen and oxygen atoms in total. The van der Waals surface area contributed by atoms with Crippen LogP contribution in [0.2, 0.25) is 0 Å². The Balaban J connectivity index is 2.20. The maximum Gasteiger partial charge on any atom is 0.0597 e. The molecule has 2 rings (SSSR count). The van der Waals surface area contributed by atoms with E-state index in [2.05, 4.69) is 90.5 Å². The first-order valence-corrected chi connectivity index (χ1v) is 7.53. The molecule has 1 N–H and O–H groups in total. The highest BCUT2D eigenvalue weighted by Crippen LogP contribution is 2.28. The second-order valence-electron chi connectivity index (χ2n) is 5.41. The molecule has 0 unspecified atom stereocenters. The summed E-state index contributed by atoms with van der Waals surface area (Å²) < 4.78 is 1.09. The van der Waals surface area contributed by atoms with Gasteiger partial charge in [-0.3, -0.25) is 0 Å². The largest absolute Gasteiger partial charge is 0.379 e. The van der Waals surface area contributed by atoms with Crippen molar-refractivity contribution in [1.82, 2.24) is 0 Å². The highest BCUT2D eigenvalue weighted by atomic mass is 79.9. The van der Waals surface area contributed by atoms with E-state index in [1.807, 2.05) is 0 Å². The summed E-state index contributed by atoms with van der Waals surface area (Å²) in [5, 5.41) is 3.53. The minimum atomic E-state index is 0.833. The van der Waals surface area contributed by atoms with Gasteiger partial charge < -0.3 is 10.2 Å². The highest BCUT2D eigenvalue weighted by molar-refractivity contribution is 9.10. The van der Waals surface area contributed by atoms with Crippen LogP contribution in [-0.2, 0) is 6.54 Å². The Bertz CT molecular complexity index is 586. The summed E-state index contributed by atoms with van der Waals surface area (Å²) >= 11 is 3.54. The Morgan fingerprint density at radius 1 is 1.00 bits per heavy atom. The van der Waals surface area contributed by atoms with E-state index in [4.69, 9.17) is 0 Å². The Kier molecular flexibility index (Phi) is 4.71. The Morgan fingerprint density at radius 3 is 2.25 bits per heavy atom. The van der Waals surface area contributed by atoms with Gasteiger partial charge in [0.25, 0.3) is 0 Å². The van der Waals surface area contributed by atoms with Crippen molar-refractivity contribution < 1.29 is 0 Å². The van der Waals surface area contributed by atoms with Crippen LogP contribution in [0.5, 0.6) is 0 Å². The lowest BCUT2D eigenvalue weighted by Gasteiger charge is -2.19. The van der Waals surface area contributed by atoms with Crippen molar-refractivity contribution in [1.29, 1.82) is 0 Å².